The summed E-state index contributed by atoms with van der Waals surface area (Å²) in [6.07, 6.45) is 1.44. The van der Waals surface area contributed by atoms with E-state index in [0.717, 1.165) is 4.47 Å². The van der Waals surface area contributed by atoms with Crippen LogP contribution in [0.5, 0.6) is 11.5 Å². The van der Waals surface area contributed by atoms with Crippen molar-refractivity contribution in [3.63, 3.8) is 0 Å². The first-order chi connectivity index (χ1) is 15.2. The van der Waals surface area contributed by atoms with E-state index >= 15 is 0 Å². The number of methoxy groups -OCH3 is 1. The van der Waals surface area contributed by atoms with Crippen molar-refractivity contribution in [2.75, 3.05) is 12.5 Å². The largest absolute Gasteiger partial charge is 0.496 e. The number of nitrogens with zero attached hydrogens (tertiary/aromatic N) is 3. The first-order valence-electron chi connectivity index (χ1n) is 9.60. The Kier molecular flexibility index (Phi) is 7.04. The quantitative estimate of drug-likeness (QED) is 0.228. The molecule has 0 radical (unpaired) electrons. The Labute approximate surface area is 193 Å². The summed E-state index contributed by atoms with van der Waals surface area (Å²) in [6.45, 7) is 5.62. The van der Waals surface area contributed by atoms with Crippen LogP contribution in [0, 0.1) is 0 Å². The van der Waals surface area contributed by atoms with Gasteiger partial charge < -0.3 is 9.47 Å². The van der Waals surface area contributed by atoms with Crippen molar-refractivity contribution < 1.29 is 14.3 Å². The monoisotopic (exact) mass is 499 g/mol. The van der Waals surface area contributed by atoms with Crippen molar-refractivity contribution in [1.29, 1.82) is 0 Å². The maximum atomic E-state index is 12.6. The van der Waals surface area contributed by atoms with Gasteiger partial charge in [-0.2, -0.15) is 5.10 Å². The summed E-state index contributed by atoms with van der Waals surface area (Å²) in [5.41, 5.74) is 2.98. The number of nitrogens with one attached hydrogen (secondary N) is 2. The Hall–Kier alpha value is -3.53. The van der Waals surface area contributed by atoms with Crippen LogP contribution in [0.25, 0.3) is 0 Å². The zero-order valence-corrected chi connectivity index (χ0v) is 19.6. The van der Waals surface area contributed by atoms with Crippen molar-refractivity contribution in [2.24, 2.45) is 5.10 Å². The van der Waals surface area contributed by atoms with E-state index in [1.165, 1.54) is 13.3 Å². The number of halogens is 1. The van der Waals surface area contributed by atoms with Gasteiger partial charge in [-0.15, -0.1) is 10.2 Å². The summed E-state index contributed by atoms with van der Waals surface area (Å²) in [4.78, 5) is 27.4. The third-order valence-electron chi connectivity index (χ3n) is 4.28. The average Bonchev–Trinajstić information content (AvgIpc) is 2.74. The molecule has 0 fully saturated rings. The number of carbonyl (C=O) groups is 1. The smallest absolute Gasteiger partial charge is 0.347 e. The fourth-order valence-electron chi connectivity index (χ4n) is 2.72. The molecule has 0 aliphatic heterocycles. The number of esters is 1. The number of benzene rings is 2. The highest BCUT2D eigenvalue weighted by atomic mass is 79.9. The third kappa shape index (κ3) is 5.58. The summed E-state index contributed by atoms with van der Waals surface area (Å²) >= 11 is 3.39. The van der Waals surface area contributed by atoms with Gasteiger partial charge in [0.1, 0.15) is 22.8 Å². The highest BCUT2D eigenvalue weighted by Gasteiger charge is 2.20. The van der Waals surface area contributed by atoms with E-state index in [9.17, 15) is 9.59 Å². The molecule has 1 heterocycles. The Morgan fingerprint density at radius 2 is 1.91 bits per heavy atom. The van der Waals surface area contributed by atoms with Gasteiger partial charge in [0, 0.05) is 15.5 Å². The lowest BCUT2D eigenvalue weighted by Gasteiger charge is -2.15. The Morgan fingerprint density at radius 1 is 1.16 bits per heavy atom. The van der Waals surface area contributed by atoms with Crippen LogP contribution in [0.1, 0.15) is 42.4 Å². The van der Waals surface area contributed by atoms with E-state index in [4.69, 9.17) is 9.47 Å². The molecule has 0 bridgehead atoms. The summed E-state index contributed by atoms with van der Waals surface area (Å²) < 4.78 is 11.5. The molecule has 3 aromatic rings. The van der Waals surface area contributed by atoms with Crippen LogP contribution in [-0.2, 0) is 5.41 Å². The van der Waals surface area contributed by atoms with Crippen molar-refractivity contribution >= 4 is 34.1 Å². The summed E-state index contributed by atoms with van der Waals surface area (Å²) in [5.74, 6) is 0.215. The normalized spacial score (nSPS) is 11.4. The second kappa shape index (κ2) is 9.73. The van der Waals surface area contributed by atoms with Crippen molar-refractivity contribution in [3.05, 3.63) is 74.1 Å². The van der Waals surface area contributed by atoms with E-state index < -0.39 is 11.4 Å². The molecule has 32 heavy (non-hydrogen) atoms. The first-order valence-corrected chi connectivity index (χ1v) is 10.4. The number of hydrogen-bond donors (Lipinski definition) is 2. The van der Waals surface area contributed by atoms with Gasteiger partial charge in [0.15, 0.2) is 0 Å². The molecule has 2 aromatic carbocycles. The minimum absolute atomic E-state index is 0.0850. The van der Waals surface area contributed by atoms with Gasteiger partial charge in [-0.3, -0.25) is 9.78 Å². The molecule has 1 aromatic heterocycles. The van der Waals surface area contributed by atoms with Crippen LogP contribution in [0.2, 0.25) is 0 Å². The standard InChI is InChI=1S/C22H22BrN5O4/c1-22(2,3)18-19(29)25-21(28-26-18)27-24-12-13-11-14(23)9-10-16(13)32-20(30)15-7-5-6-8-17(15)31-4/h5-12H,1-4H3,(H2,25,27,28,29)/b24-12+. The van der Waals surface area contributed by atoms with Gasteiger partial charge in [-0.05, 0) is 30.3 Å². The number of para-hydroxylation sites is 1. The highest BCUT2D eigenvalue weighted by Crippen LogP contribution is 2.25. The van der Waals surface area contributed by atoms with Gasteiger partial charge >= 0.3 is 5.97 Å². The Morgan fingerprint density at radius 3 is 2.59 bits per heavy atom. The second-order valence-electron chi connectivity index (χ2n) is 7.74. The molecule has 0 aliphatic rings. The molecule has 0 saturated heterocycles. The van der Waals surface area contributed by atoms with E-state index in [0.29, 0.717) is 22.6 Å². The number of carbonyl (C=O) groups excluding carboxylic acids is 1. The van der Waals surface area contributed by atoms with Crippen molar-refractivity contribution in [2.45, 2.75) is 26.2 Å². The minimum Gasteiger partial charge on any atom is -0.496 e. The van der Waals surface area contributed by atoms with Crippen LogP contribution < -0.4 is 20.5 Å². The maximum Gasteiger partial charge on any atom is 0.347 e. The lowest BCUT2D eigenvalue weighted by Crippen LogP contribution is -2.28. The van der Waals surface area contributed by atoms with Gasteiger partial charge in [0.25, 0.3) is 5.56 Å². The average molecular weight is 500 g/mol. The zero-order valence-electron chi connectivity index (χ0n) is 18.0. The maximum absolute atomic E-state index is 12.6. The molecular weight excluding hydrogens is 478 g/mol. The van der Waals surface area contributed by atoms with E-state index in [1.54, 1.807) is 42.5 Å². The number of hydrazone groups is 1. The molecule has 0 unspecified atom stereocenters. The molecule has 9 nitrogen and oxygen atoms in total. The number of rotatable bonds is 6. The fourth-order valence-corrected chi connectivity index (χ4v) is 3.10. The SMILES string of the molecule is COc1ccccc1C(=O)Oc1ccc(Br)cc1/C=N/Nc1nnc(C(C)(C)C)c(=O)[nH]1. The molecule has 0 spiro atoms. The van der Waals surface area contributed by atoms with Crippen LogP contribution in [-0.4, -0.2) is 34.5 Å². The molecule has 10 heteroatoms. The lowest BCUT2D eigenvalue weighted by molar-refractivity contribution is 0.0731. The summed E-state index contributed by atoms with van der Waals surface area (Å²) in [6, 6.07) is 11.9. The number of aromatic amines is 1. The summed E-state index contributed by atoms with van der Waals surface area (Å²) in [7, 11) is 1.48. The van der Waals surface area contributed by atoms with E-state index in [1.807, 2.05) is 20.8 Å². The van der Waals surface area contributed by atoms with Gasteiger partial charge in [0.2, 0.25) is 5.95 Å². The van der Waals surface area contributed by atoms with Crippen LogP contribution in [0.15, 0.2) is 56.8 Å². The fraction of sp³-hybridized carbons (Fsp3) is 0.227. The molecule has 3 rings (SSSR count). The second-order valence-corrected chi connectivity index (χ2v) is 8.66. The number of H-pyrrole nitrogens is 1. The number of anilines is 1. The van der Waals surface area contributed by atoms with Crippen molar-refractivity contribution in [1.82, 2.24) is 15.2 Å². The van der Waals surface area contributed by atoms with Crippen LogP contribution in [0.4, 0.5) is 5.95 Å². The van der Waals surface area contributed by atoms with Crippen LogP contribution >= 0.6 is 15.9 Å². The molecule has 0 amide bonds. The predicted octanol–water partition coefficient (Wildman–Crippen LogP) is 3.90. The number of aromatic nitrogens is 3. The zero-order chi connectivity index (χ0) is 23.3. The highest BCUT2D eigenvalue weighted by molar-refractivity contribution is 9.10. The first kappa shape index (κ1) is 23.1. The lowest BCUT2D eigenvalue weighted by atomic mass is 9.93. The van der Waals surface area contributed by atoms with Crippen LogP contribution in [0.3, 0.4) is 0 Å². The number of ether oxygens (including phenoxy) is 2. The Balaban J connectivity index is 1.80. The molecule has 0 atom stereocenters. The predicted molar refractivity (Wildman–Crippen MR) is 125 cm³/mol. The molecule has 166 valence electrons. The Bertz CT molecular complexity index is 1220. The van der Waals surface area contributed by atoms with Crippen molar-refractivity contribution in [3.8, 4) is 11.5 Å². The molecule has 0 aliphatic carbocycles. The third-order valence-corrected chi connectivity index (χ3v) is 4.78. The van der Waals surface area contributed by atoms with Gasteiger partial charge in [-0.25, -0.2) is 10.2 Å². The van der Waals surface area contributed by atoms with E-state index in [2.05, 4.69) is 41.6 Å². The number of hydrogen-bond acceptors (Lipinski definition) is 8. The molecule has 0 saturated carbocycles. The molecular formula is C22H22BrN5O4. The van der Waals surface area contributed by atoms with Gasteiger partial charge in [0.05, 0.1) is 13.3 Å². The minimum atomic E-state index is -0.569. The van der Waals surface area contributed by atoms with E-state index in [-0.39, 0.29) is 17.3 Å². The topological polar surface area (TPSA) is 119 Å². The summed E-state index contributed by atoms with van der Waals surface area (Å²) in [5, 5.41) is 12.0. The molecule has 2 N–H and O–H groups in total. The van der Waals surface area contributed by atoms with Gasteiger partial charge in [-0.1, -0.05) is 48.8 Å².